The van der Waals surface area contributed by atoms with E-state index in [9.17, 15) is 9.59 Å². The Labute approximate surface area is 183 Å². The number of ether oxygens (including phenoxy) is 1. The Morgan fingerprint density at radius 2 is 2.13 bits per heavy atom. The Morgan fingerprint density at radius 1 is 1.32 bits per heavy atom. The summed E-state index contributed by atoms with van der Waals surface area (Å²) >= 11 is 0. The van der Waals surface area contributed by atoms with Crippen molar-refractivity contribution in [3.63, 3.8) is 0 Å². The largest absolute Gasteiger partial charge is 0.489 e. The van der Waals surface area contributed by atoms with Crippen molar-refractivity contribution in [3.8, 4) is 5.75 Å². The number of carbonyl (C=O) groups excluding carboxylic acids is 2. The SMILES string of the molecule is CCCN1C(=O)CC[C@]2(CNC(=O)c3noc(C)c3COc3ccccc3)CCC[C@@H]12. The van der Waals surface area contributed by atoms with Crippen LogP contribution >= 0.6 is 0 Å². The predicted octanol–water partition coefficient (Wildman–Crippen LogP) is 3.86. The van der Waals surface area contributed by atoms with E-state index in [1.54, 1.807) is 6.92 Å². The van der Waals surface area contributed by atoms with Gasteiger partial charge in [0.2, 0.25) is 5.91 Å². The zero-order valence-electron chi connectivity index (χ0n) is 18.4. The highest BCUT2D eigenvalue weighted by Crippen LogP contribution is 2.47. The second kappa shape index (κ2) is 9.12. The van der Waals surface area contributed by atoms with Crippen molar-refractivity contribution in [3.05, 3.63) is 47.3 Å². The first-order valence-corrected chi connectivity index (χ1v) is 11.2. The summed E-state index contributed by atoms with van der Waals surface area (Å²) in [5.41, 5.74) is 0.892. The molecular weight excluding hydrogens is 394 g/mol. The molecular formula is C24H31N3O4. The van der Waals surface area contributed by atoms with Crippen molar-refractivity contribution in [1.29, 1.82) is 0 Å². The Morgan fingerprint density at radius 3 is 2.90 bits per heavy atom. The first kappa shape index (κ1) is 21.4. The third-order valence-corrected chi connectivity index (χ3v) is 6.78. The van der Waals surface area contributed by atoms with Gasteiger partial charge in [-0.2, -0.15) is 0 Å². The number of para-hydroxylation sites is 1. The zero-order chi connectivity index (χ0) is 21.8. The maximum atomic E-state index is 13.0. The maximum absolute atomic E-state index is 13.0. The van der Waals surface area contributed by atoms with E-state index in [0.29, 0.717) is 24.3 Å². The average Bonchev–Trinajstić information content (AvgIpc) is 3.37. The fourth-order valence-corrected chi connectivity index (χ4v) is 5.14. The number of likely N-dealkylation sites (tertiary alicyclic amines) is 1. The van der Waals surface area contributed by atoms with Crippen LogP contribution in [-0.4, -0.2) is 41.0 Å². The molecule has 4 rings (SSSR count). The Balaban J connectivity index is 1.44. The summed E-state index contributed by atoms with van der Waals surface area (Å²) in [7, 11) is 0. The van der Waals surface area contributed by atoms with Crippen LogP contribution in [-0.2, 0) is 11.4 Å². The predicted molar refractivity (Wildman–Crippen MR) is 116 cm³/mol. The van der Waals surface area contributed by atoms with Crippen molar-refractivity contribution < 1.29 is 18.8 Å². The molecule has 2 amide bonds. The van der Waals surface area contributed by atoms with Crippen LogP contribution in [0.15, 0.2) is 34.9 Å². The number of carbonyl (C=O) groups is 2. The lowest BCUT2D eigenvalue weighted by Gasteiger charge is -2.46. The van der Waals surface area contributed by atoms with Gasteiger partial charge in [-0.25, -0.2) is 0 Å². The van der Waals surface area contributed by atoms with E-state index in [4.69, 9.17) is 9.26 Å². The van der Waals surface area contributed by atoms with Crippen LogP contribution in [0.5, 0.6) is 5.75 Å². The molecule has 7 nitrogen and oxygen atoms in total. The quantitative estimate of drug-likeness (QED) is 0.694. The number of aryl methyl sites for hydroxylation is 1. The van der Waals surface area contributed by atoms with Gasteiger partial charge in [0.05, 0.1) is 5.56 Å². The van der Waals surface area contributed by atoms with Gasteiger partial charge in [-0.1, -0.05) is 36.7 Å². The third-order valence-electron chi connectivity index (χ3n) is 6.78. The van der Waals surface area contributed by atoms with E-state index in [2.05, 4.69) is 22.3 Å². The smallest absolute Gasteiger partial charge is 0.273 e. The third kappa shape index (κ3) is 4.31. The van der Waals surface area contributed by atoms with E-state index >= 15 is 0 Å². The van der Waals surface area contributed by atoms with Crippen LogP contribution in [0.2, 0.25) is 0 Å². The lowest BCUT2D eigenvalue weighted by molar-refractivity contribution is -0.141. The molecule has 2 aliphatic rings. The molecule has 1 aromatic carbocycles. The fourth-order valence-electron chi connectivity index (χ4n) is 5.14. The minimum Gasteiger partial charge on any atom is -0.489 e. The monoisotopic (exact) mass is 425 g/mol. The van der Waals surface area contributed by atoms with Crippen LogP contribution in [0.3, 0.4) is 0 Å². The number of aromatic nitrogens is 1. The standard InChI is InChI=1S/C24H31N3O4/c1-3-14-27-20-10-7-12-24(20,13-11-21(27)28)16-25-23(29)22-19(17(2)31-26-22)15-30-18-8-5-4-6-9-18/h4-6,8-9,20H,3,7,10-16H2,1-2H3,(H,25,29)/t20-,24+/m1/s1. The second-order valence-electron chi connectivity index (χ2n) is 8.71. The second-order valence-corrected chi connectivity index (χ2v) is 8.71. The molecule has 1 saturated carbocycles. The van der Waals surface area contributed by atoms with E-state index < -0.39 is 0 Å². The normalized spacial score (nSPS) is 23.0. The topological polar surface area (TPSA) is 84.7 Å². The van der Waals surface area contributed by atoms with Crippen molar-refractivity contribution in [2.45, 2.75) is 65.0 Å². The van der Waals surface area contributed by atoms with Gasteiger partial charge in [0.15, 0.2) is 5.69 Å². The lowest BCUT2D eigenvalue weighted by Crippen LogP contribution is -2.56. The number of fused-ring (bicyclic) bond motifs is 1. The van der Waals surface area contributed by atoms with Gasteiger partial charge in [-0.05, 0) is 44.7 Å². The van der Waals surface area contributed by atoms with Gasteiger partial charge >= 0.3 is 0 Å². The van der Waals surface area contributed by atoms with E-state index in [1.165, 1.54) is 0 Å². The molecule has 1 aliphatic heterocycles. The van der Waals surface area contributed by atoms with Gasteiger partial charge in [0, 0.05) is 31.0 Å². The molecule has 1 saturated heterocycles. The highest BCUT2D eigenvalue weighted by Gasteiger charge is 2.50. The van der Waals surface area contributed by atoms with Gasteiger partial charge < -0.3 is 19.5 Å². The molecule has 7 heteroatoms. The van der Waals surface area contributed by atoms with Crippen LogP contribution in [0, 0.1) is 12.3 Å². The van der Waals surface area contributed by atoms with Gasteiger partial charge in [-0.15, -0.1) is 0 Å². The van der Waals surface area contributed by atoms with Crippen molar-refractivity contribution in [2.75, 3.05) is 13.1 Å². The summed E-state index contributed by atoms with van der Waals surface area (Å²) in [6.45, 7) is 5.45. The van der Waals surface area contributed by atoms with E-state index in [1.807, 2.05) is 30.3 Å². The molecule has 2 atom stereocenters. The summed E-state index contributed by atoms with van der Waals surface area (Å²) in [6, 6.07) is 9.68. The number of rotatable bonds is 8. The van der Waals surface area contributed by atoms with Gasteiger partial charge in [0.25, 0.3) is 5.91 Å². The van der Waals surface area contributed by atoms with Crippen LogP contribution in [0.1, 0.15) is 67.3 Å². The van der Waals surface area contributed by atoms with Crippen LogP contribution in [0.4, 0.5) is 0 Å². The lowest BCUT2D eigenvalue weighted by atomic mass is 9.74. The fraction of sp³-hybridized carbons (Fsp3) is 0.542. The summed E-state index contributed by atoms with van der Waals surface area (Å²) in [5.74, 6) is 1.31. The molecule has 1 aromatic heterocycles. The number of amides is 2. The summed E-state index contributed by atoms with van der Waals surface area (Å²) < 4.78 is 11.1. The van der Waals surface area contributed by atoms with Crippen LogP contribution < -0.4 is 10.1 Å². The zero-order valence-corrected chi connectivity index (χ0v) is 18.4. The van der Waals surface area contributed by atoms with Gasteiger partial charge in [-0.3, -0.25) is 9.59 Å². The van der Waals surface area contributed by atoms with Crippen molar-refractivity contribution >= 4 is 11.8 Å². The Bertz CT molecular complexity index is 926. The maximum Gasteiger partial charge on any atom is 0.273 e. The number of hydrogen-bond acceptors (Lipinski definition) is 5. The molecule has 0 radical (unpaired) electrons. The first-order chi connectivity index (χ1) is 15.0. The number of benzene rings is 1. The first-order valence-electron chi connectivity index (χ1n) is 11.2. The molecule has 1 N–H and O–H groups in total. The molecule has 166 valence electrons. The minimum atomic E-state index is -0.248. The van der Waals surface area contributed by atoms with Crippen LogP contribution in [0.25, 0.3) is 0 Å². The molecule has 2 aromatic rings. The van der Waals surface area contributed by atoms with Gasteiger partial charge in [0.1, 0.15) is 18.1 Å². The molecule has 2 heterocycles. The molecule has 31 heavy (non-hydrogen) atoms. The number of nitrogens with one attached hydrogen (secondary N) is 1. The summed E-state index contributed by atoms with van der Waals surface area (Å²) in [6.07, 6.45) is 5.49. The van der Waals surface area contributed by atoms with Crippen molar-refractivity contribution in [2.24, 2.45) is 5.41 Å². The summed E-state index contributed by atoms with van der Waals surface area (Å²) in [4.78, 5) is 27.5. The highest BCUT2D eigenvalue weighted by atomic mass is 16.5. The Kier molecular flexibility index (Phi) is 6.30. The molecule has 0 unspecified atom stereocenters. The number of piperidine rings is 1. The Hall–Kier alpha value is -2.83. The van der Waals surface area contributed by atoms with Crippen molar-refractivity contribution in [1.82, 2.24) is 15.4 Å². The minimum absolute atomic E-state index is 0.0434. The molecule has 0 bridgehead atoms. The number of hydrogen-bond donors (Lipinski definition) is 1. The van der Waals surface area contributed by atoms with E-state index in [0.717, 1.165) is 44.4 Å². The highest BCUT2D eigenvalue weighted by molar-refractivity contribution is 5.93. The molecule has 2 fully saturated rings. The molecule has 0 spiro atoms. The average molecular weight is 426 g/mol. The summed E-state index contributed by atoms with van der Waals surface area (Å²) in [5, 5.41) is 7.11. The number of nitrogens with zero attached hydrogens (tertiary/aromatic N) is 2. The van der Waals surface area contributed by atoms with E-state index in [-0.39, 0.29) is 35.6 Å². The molecule has 1 aliphatic carbocycles.